The zero-order valence-electron chi connectivity index (χ0n) is 8.67. The van der Waals surface area contributed by atoms with Crippen molar-refractivity contribution in [2.24, 2.45) is 0 Å². The predicted molar refractivity (Wildman–Crippen MR) is 76.9 cm³/mol. The van der Waals surface area contributed by atoms with Crippen LogP contribution in [0.5, 0.6) is 0 Å². The Kier molecular flexibility index (Phi) is 4.44. The Morgan fingerprint density at radius 1 is 1.44 bits per heavy atom. The summed E-state index contributed by atoms with van der Waals surface area (Å²) in [6.45, 7) is 3.05. The van der Waals surface area contributed by atoms with Crippen molar-refractivity contribution >= 4 is 50.2 Å². The Labute approximate surface area is 117 Å². The summed E-state index contributed by atoms with van der Waals surface area (Å²) in [6, 6.07) is 4.28. The Morgan fingerprint density at radius 2 is 2.25 bits per heavy atom. The molecule has 2 heterocycles. The lowest BCUT2D eigenvalue weighted by Crippen LogP contribution is -2.20. The smallest absolute Gasteiger partial charge is 0.0931 e. The van der Waals surface area contributed by atoms with E-state index in [1.807, 2.05) is 6.07 Å². The van der Waals surface area contributed by atoms with E-state index < -0.39 is 0 Å². The van der Waals surface area contributed by atoms with E-state index in [2.05, 4.69) is 45.0 Å². The molecule has 0 aromatic carbocycles. The maximum Gasteiger partial charge on any atom is 0.0931 e. The van der Waals surface area contributed by atoms with E-state index >= 15 is 0 Å². The second-order valence-corrected chi connectivity index (χ2v) is 6.65. The molecule has 0 radical (unpaired) electrons. The molecule has 16 heavy (non-hydrogen) atoms. The van der Waals surface area contributed by atoms with E-state index in [4.69, 9.17) is 11.6 Å². The minimum Gasteiger partial charge on any atom is -0.306 e. The van der Waals surface area contributed by atoms with Gasteiger partial charge in [0, 0.05) is 14.7 Å². The normalized spacial score (nSPS) is 12.9. The lowest BCUT2D eigenvalue weighted by Gasteiger charge is -2.15. The molecule has 2 aromatic rings. The van der Waals surface area contributed by atoms with Crippen LogP contribution in [0.4, 0.5) is 0 Å². The van der Waals surface area contributed by atoms with E-state index in [1.165, 1.54) is 10.4 Å². The van der Waals surface area contributed by atoms with Crippen molar-refractivity contribution in [3.8, 4) is 0 Å². The number of hydrogen-bond acceptors (Lipinski definition) is 3. The molecule has 0 saturated carbocycles. The molecule has 0 spiro atoms. The molecule has 86 valence electrons. The predicted octanol–water partition coefficient (Wildman–Crippen LogP) is 4.92. The van der Waals surface area contributed by atoms with Crippen LogP contribution in [0.25, 0.3) is 0 Å². The van der Waals surface area contributed by atoms with Gasteiger partial charge in [-0.3, -0.25) is 0 Å². The molecule has 0 fully saturated rings. The van der Waals surface area contributed by atoms with Gasteiger partial charge in [-0.1, -0.05) is 18.5 Å². The van der Waals surface area contributed by atoms with Gasteiger partial charge in [-0.15, -0.1) is 11.3 Å². The summed E-state index contributed by atoms with van der Waals surface area (Å²) in [7, 11) is 0. The fourth-order valence-corrected chi connectivity index (χ4v) is 4.26. The number of rotatable bonds is 4. The van der Waals surface area contributed by atoms with E-state index in [0.717, 1.165) is 15.4 Å². The molecular weight excluding hydrogens is 326 g/mol. The number of thiophene rings is 2. The van der Waals surface area contributed by atoms with Crippen LogP contribution in [0.1, 0.15) is 23.4 Å². The van der Waals surface area contributed by atoms with Crippen LogP contribution in [-0.2, 0) is 0 Å². The van der Waals surface area contributed by atoms with E-state index in [1.54, 1.807) is 22.7 Å². The first kappa shape index (κ1) is 12.6. The maximum atomic E-state index is 5.99. The SMILES string of the molecule is CCNC(c1ccc(Cl)s1)c1cscc1Br. The van der Waals surface area contributed by atoms with Gasteiger partial charge in [-0.2, -0.15) is 11.3 Å². The highest BCUT2D eigenvalue weighted by Crippen LogP contribution is 2.35. The third-order valence-electron chi connectivity index (χ3n) is 2.24. The molecule has 0 aliphatic heterocycles. The highest BCUT2D eigenvalue weighted by molar-refractivity contribution is 9.10. The molecule has 1 unspecified atom stereocenters. The lowest BCUT2D eigenvalue weighted by molar-refractivity contribution is 0.639. The van der Waals surface area contributed by atoms with Crippen molar-refractivity contribution in [2.45, 2.75) is 13.0 Å². The van der Waals surface area contributed by atoms with Gasteiger partial charge in [0.05, 0.1) is 10.4 Å². The summed E-state index contributed by atoms with van der Waals surface area (Å²) < 4.78 is 2.00. The molecule has 5 heteroatoms. The molecule has 0 bridgehead atoms. The van der Waals surface area contributed by atoms with E-state index in [0.29, 0.717) is 0 Å². The van der Waals surface area contributed by atoms with Gasteiger partial charge in [0.2, 0.25) is 0 Å². The van der Waals surface area contributed by atoms with Crippen LogP contribution in [0, 0.1) is 0 Å². The van der Waals surface area contributed by atoms with Crippen LogP contribution in [0.3, 0.4) is 0 Å². The molecule has 0 aliphatic rings. The Balaban J connectivity index is 2.34. The number of halogens is 2. The highest BCUT2D eigenvalue weighted by Gasteiger charge is 2.18. The van der Waals surface area contributed by atoms with Gasteiger partial charge in [0.1, 0.15) is 0 Å². The van der Waals surface area contributed by atoms with Gasteiger partial charge in [0.15, 0.2) is 0 Å². The fourth-order valence-electron chi connectivity index (χ4n) is 1.55. The quantitative estimate of drug-likeness (QED) is 0.835. The summed E-state index contributed by atoms with van der Waals surface area (Å²) in [6.07, 6.45) is 0. The van der Waals surface area contributed by atoms with Gasteiger partial charge in [-0.25, -0.2) is 0 Å². The highest BCUT2D eigenvalue weighted by atomic mass is 79.9. The van der Waals surface area contributed by atoms with Gasteiger partial charge in [-0.05, 0) is 45.6 Å². The number of nitrogens with one attached hydrogen (secondary N) is 1. The Hall–Kier alpha value is 0.130. The zero-order valence-corrected chi connectivity index (χ0v) is 12.6. The van der Waals surface area contributed by atoms with Crippen LogP contribution < -0.4 is 5.32 Å². The average Bonchev–Trinajstić information content (AvgIpc) is 2.84. The summed E-state index contributed by atoms with van der Waals surface area (Å²) in [4.78, 5) is 1.26. The fraction of sp³-hybridized carbons (Fsp3) is 0.273. The van der Waals surface area contributed by atoms with Crippen molar-refractivity contribution < 1.29 is 0 Å². The van der Waals surface area contributed by atoms with Crippen LogP contribution in [0.15, 0.2) is 27.4 Å². The van der Waals surface area contributed by atoms with Crippen molar-refractivity contribution in [1.29, 1.82) is 0 Å². The van der Waals surface area contributed by atoms with Gasteiger partial charge >= 0.3 is 0 Å². The molecule has 2 rings (SSSR count). The standard InChI is InChI=1S/C11H11BrClNS2/c1-2-14-11(7-5-15-6-8(7)12)9-3-4-10(13)16-9/h3-6,11,14H,2H2,1H3. The molecular formula is C11H11BrClNS2. The molecule has 1 nitrogen and oxygen atoms in total. The minimum atomic E-state index is 0.239. The molecule has 1 N–H and O–H groups in total. The van der Waals surface area contributed by atoms with Crippen LogP contribution >= 0.6 is 50.2 Å². The molecule has 1 atom stereocenters. The second kappa shape index (κ2) is 5.65. The minimum absolute atomic E-state index is 0.239. The summed E-state index contributed by atoms with van der Waals surface area (Å²) >= 11 is 12.9. The summed E-state index contributed by atoms with van der Waals surface area (Å²) in [5, 5.41) is 7.76. The van der Waals surface area contributed by atoms with Crippen molar-refractivity contribution in [1.82, 2.24) is 5.32 Å². The third kappa shape index (κ3) is 2.68. The van der Waals surface area contributed by atoms with Crippen molar-refractivity contribution in [2.75, 3.05) is 6.54 Å². The zero-order chi connectivity index (χ0) is 11.5. The lowest BCUT2D eigenvalue weighted by atomic mass is 10.1. The summed E-state index contributed by atoms with van der Waals surface area (Å²) in [5.41, 5.74) is 1.28. The van der Waals surface area contributed by atoms with Crippen LogP contribution in [-0.4, -0.2) is 6.54 Å². The van der Waals surface area contributed by atoms with Crippen molar-refractivity contribution in [3.63, 3.8) is 0 Å². The van der Waals surface area contributed by atoms with Crippen molar-refractivity contribution in [3.05, 3.63) is 42.1 Å². The summed E-state index contributed by atoms with van der Waals surface area (Å²) in [5.74, 6) is 0. The van der Waals surface area contributed by atoms with Gasteiger partial charge < -0.3 is 5.32 Å². The Morgan fingerprint density at radius 3 is 2.75 bits per heavy atom. The van der Waals surface area contributed by atoms with E-state index in [9.17, 15) is 0 Å². The number of hydrogen-bond donors (Lipinski definition) is 1. The topological polar surface area (TPSA) is 12.0 Å². The first-order valence-electron chi connectivity index (χ1n) is 4.92. The first-order chi connectivity index (χ1) is 7.72. The van der Waals surface area contributed by atoms with Gasteiger partial charge in [0.25, 0.3) is 0 Å². The molecule has 0 saturated heterocycles. The Bertz CT molecular complexity index is 466. The van der Waals surface area contributed by atoms with E-state index in [-0.39, 0.29) is 6.04 Å². The third-order valence-corrected chi connectivity index (χ3v) is 5.29. The second-order valence-electron chi connectivity index (χ2n) is 3.31. The monoisotopic (exact) mass is 335 g/mol. The molecule has 0 amide bonds. The molecule has 2 aromatic heterocycles. The molecule has 0 aliphatic carbocycles. The first-order valence-corrected chi connectivity index (χ1v) is 7.85. The largest absolute Gasteiger partial charge is 0.306 e. The maximum absolute atomic E-state index is 5.99. The van der Waals surface area contributed by atoms with Crippen LogP contribution in [0.2, 0.25) is 4.34 Å². The average molecular weight is 337 g/mol.